The topological polar surface area (TPSA) is 317 Å². The molecular weight excluding hydrogens is 1260 g/mol. The van der Waals surface area contributed by atoms with E-state index in [-0.39, 0.29) is 13.2 Å². The van der Waals surface area contributed by atoms with Gasteiger partial charge in [0.25, 0.3) is 0 Å². The molecule has 0 rings (SSSR count). The molecule has 0 heterocycles. The first kappa shape index (κ1) is 92.1. The Morgan fingerprint density at radius 2 is 0.183 bits per heavy atom. The summed E-state index contributed by atoms with van der Waals surface area (Å²) >= 11 is 0.913. The van der Waals surface area contributed by atoms with Crippen LogP contribution in [0.25, 0.3) is 0 Å². The molecule has 0 aliphatic carbocycles. The van der Waals surface area contributed by atoms with Crippen LogP contribution in [0.3, 0.4) is 0 Å². The highest BCUT2D eigenvalue weighted by Crippen LogP contribution is 2.03. The Labute approximate surface area is 558 Å². The molecule has 0 unspecified atom stereocenters. The van der Waals surface area contributed by atoms with E-state index in [9.17, 15) is 0 Å². The lowest BCUT2D eigenvalue weighted by Crippen LogP contribution is -2.15. The van der Waals surface area contributed by atoms with E-state index in [1.54, 1.807) is 0 Å². The molecule has 0 spiro atoms. The van der Waals surface area contributed by atoms with Gasteiger partial charge in [0, 0.05) is 0 Å². The van der Waals surface area contributed by atoms with Crippen molar-refractivity contribution in [3.63, 3.8) is 0 Å². The van der Waals surface area contributed by atoms with Gasteiger partial charge in [0.15, 0.2) is 12.3 Å². The van der Waals surface area contributed by atoms with E-state index < -0.39 is 0 Å². The SMILES string of the molecule is OCCOCCOCCOCCOCCOCCOCCOCCOCCOCCOCCOCCOCCOCCOCCOSOCCOCCOCCOCCOCCOCCOCCOCCOCCOCCOCCOCCOCCOCCOCCO. The molecule has 93 heavy (non-hydrogen) atoms. The fourth-order valence-corrected chi connectivity index (χ4v) is 6.68. The Morgan fingerprint density at radius 3 is 0.269 bits per heavy atom. The molecule has 0 aromatic carbocycles. The molecule has 0 saturated carbocycles. The van der Waals surface area contributed by atoms with Crippen LogP contribution in [0.5, 0.6) is 0 Å². The second kappa shape index (κ2) is 91.1. The fourth-order valence-electron chi connectivity index (χ4n) is 6.34. The molecule has 0 fully saturated rings. The van der Waals surface area contributed by atoms with Crippen LogP contribution in [0.2, 0.25) is 0 Å². The van der Waals surface area contributed by atoms with Crippen molar-refractivity contribution in [2.45, 2.75) is 0 Å². The Bertz CT molecular complexity index is 1190. The first-order valence-corrected chi connectivity index (χ1v) is 33.4. The molecule has 0 bridgehead atoms. The Balaban J connectivity index is 3.09. The van der Waals surface area contributed by atoms with Gasteiger partial charge in [0.2, 0.25) is 0 Å². The number of hydrogen-bond acceptors (Lipinski definition) is 33. The molecule has 2 N–H and O–H groups in total. The molecular formula is C60H122O32S. The standard InChI is InChI=1S/C60H122O32S/c61-1-3-63-5-7-65-9-11-67-13-15-69-17-19-71-21-23-73-25-27-75-29-31-77-33-35-79-37-39-81-41-43-83-45-47-85-49-51-87-53-55-89-57-59-91-93-92-60-58-90-56-54-88-52-50-86-48-46-84-44-42-82-40-38-80-36-34-78-32-30-76-28-26-74-24-22-72-20-18-70-16-14-68-12-10-66-8-6-64-4-2-62/h61-62H,1-60H2. The average Bonchev–Trinajstić information content (AvgIpc) is 3.58. The summed E-state index contributed by atoms with van der Waals surface area (Å²) in [4.78, 5) is 0. The molecule has 0 radical (unpaired) electrons. The molecule has 33 heteroatoms. The third kappa shape index (κ3) is 91.1. The Hall–Kier alpha value is -0.930. The normalized spacial score (nSPS) is 11.8. The van der Waals surface area contributed by atoms with Gasteiger partial charge in [0.05, 0.1) is 396 Å². The highest BCUT2D eigenvalue weighted by molar-refractivity contribution is 7.89. The number of hydrogen-bond donors (Lipinski definition) is 2. The van der Waals surface area contributed by atoms with E-state index in [4.69, 9.17) is 151 Å². The summed E-state index contributed by atoms with van der Waals surface area (Å²) in [5, 5.41) is 17.2. The van der Waals surface area contributed by atoms with Crippen molar-refractivity contribution in [3.05, 3.63) is 0 Å². The van der Waals surface area contributed by atoms with Crippen molar-refractivity contribution < 1.29 is 151 Å². The van der Waals surface area contributed by atoms with Crippen LogP contribution in [-0.4, -0.2) is 407 Å². The zero-order valence-corrected chi connectivity index (χ0v) is 56.8. The average molecular weight is 1390 g/mol. The zero-order chi connectivity index (χ0) is 66.3. The molecule has 560 valence electrons. The van der Waals surface area contributed by atoms with Gasteiger partial charge >= 0.3 is 0 Å². The van der Waals surface area contributed by atoms with Crippen molar-refractivity contribution in [1.29, 1.82) is 0 Å². The van der Waals surface area contributed by atoms with Crippen molar-refractivity contribution >= 4 is 12.3 Å². The molecule has 32 nitrogen and oxygen atoms in total. The summed E-state index contributed by atoms with van der Waals surface area (Å²) in [7, 11) is 0. The third-order valence-corrected chi connectivity index (χ3v) is 11.4. The van der Waals surface area contributed by atoms with Crippen LogP contribution in [-0.2, 0) is 141 Å². The van der Waals surface area contributed by atoms with Gasteiger partial charge < -0.3 is 143 Å². The van der Waals surface area contributed by atoms with Crippen LogP contribution in [0.15, 0.2) is 0 Å². The Morgan fingerprint density at radius 1 is 0.108 bits per heavy atom. The zero-order valence-electron chi connectivity index (χ0n) is 56.0. The van der Waals surface area contributed by atoms with E-state index in [2.05, 4.69) is 0 Å². The van der Waals surface area contributed by atoms with E-state index in [0.29, 0.717) is 383 Å². The number of aliphatic hydroxyl groups is 2. The molecule has 0 amide bonds. The number of rotatable bonds is 90. The van der Waals surface area contributed by atoms with Crippen molar-refractivity contribution in [1.82, 2.24) is 0 Å². The monoisotopic (exact) mass is 1390 g/mol. The summed E-state index contributed by atoms with van der Waals surface area (Å²) in [6, 6.07) is 0. The van der Waals surface area contributed by atoms with Crippen LogP contribution in [0.1, 0.15) is 0 Å². The van der Waals surface area contributed by atoms with E-state index >= 15 is 0 Å². The predicted molar refractivity (Wildman–Crippen MR) is 337 cm³/mol. The highest BCUT2D eigenvalue weighted by Gasteiger charge is 2.02. The van der Waals surface area contributed by atoms with Crippen LogP contribution < -0.4 is 0 Å². The fraction of sp³-hybridized carbons (Fsp3) is 1.00. The molecule has 0 aliphatic rings. The van der Waals surface area contributed by atoms with Gasteiger partial charge in [-0.2, -0.15) is 0 Å². The second-order valence-electron chi connectivity index (χ2n) is 18.3. The van der Waals surface area contributed by atoms with Crippen molar-refractivity contribution in [2.75, 3.05) is 396 Å². The predicted octanol–water partition coefficient (Wildman–Crippen LogP) is 0.0322. The molecule has 0 atom stereocenters. The number of ether oxygens (including phenoxy) is 28. The second-order valence-corrected chi connectivity index (χ2v) is 18.9. The number of aliphatic hydroxyl groups excluding tert-OH is 2. The smallest absolute Gasteiger partial charge is 0.158 e. The van der Waals surface area contributed by atoms with E-state index in [1.807, 2.05) is 0 Å². The highest BCUT2D eigenvalue weighted by atomic mass is 32.2. The van der Waals surface area contributed by atoms with Gasteiger partial charge in [-0.3, -0.25) is 8.37 Å². The lowest BCUT2D eigenvalue weighted by atomic mass is 10.6. The maximum absolute atomic E-state index is 8.62. The van der Waals surface area contributed by atoms with E-state index in [0.717, 1.165) is 12.3 Å². The van der Waals surface area contributed by atoms with Gasteiger partial charge in [0.1, 0.15) is 0 Å². The van der Waals surface area contributed by atoms with Gasteiger partial charge in [-0.1, -0.05) is 0 Å². The van der Waals surface area contributed by atoms with Crippen molar-refractivity contribution in [3.8, 4) is 0 Å². The van der Waals surface area contributed by atoms with Crippen LogP contribution in [0, 0.1) is 0 Å². The molecule has 0 saturated heterocycles. The minimum atomic E-state index is 0.0158. The van der Waals surface area contributed by atoms with Gasteiger partial charge in [-0.15, -0.1) is 0 Å². The van der Waals surface area contributed by atoms with Crippen LogP contribution in [0.4, 0.5) is 0 Å². The maximum atomic E-state index is 8.62. The summed E-state index contributed by atoms with van der Waals surface area (Å²) in [5.41, 5.74) is 0. The third-order valence-electron chi connectivity index (χ3n) is 10.9. The Kier molecular flexibility index (Phi) is 90.2. The van der Waals surface area contributed by atoms with Gasteiger partial charge in [-0.25, -0.2) is 0 Å². The molecule has 0 aliphatic heterocycles. The molecule has 0 aromatic rings. The summed E-state index contributed by atoms with van der Waals surface area (Å²) < 4.78 is 163. The minimum absolute atomic E-state index is 0.0158. The summed E-state index contributed by atoms with van der Waals surface area (Å²) in [6.45, 7) is 27.2. The van der Waals surface area contributed by atoms with Gasteiger partial charge in [-0.05, 0) is 0 Å². The largest absolute Gasteiger partial charge is 0.394 e. The van der Waals surface area contributed by atoms with Crippen molar-refractivity contribution in [2.24, 2.45) is 0 Å². The lowest BCUT2D eigenvalue weighted by molar-refractivity contribution is -0.0299. The maximum Gasteiger partial charge on any atom is 0.158 e. The van der Waals surface area contributed by atoms with E-state index in [1.165, 1.54) is 0 Å². The first-order chi connectivity index (χ1) is 46.4. The first-order valence-electron chi connectivity index (χ1n) is 32.7. The van der Waals surface area contributed by atoms with Crippen LogP contribution >= 0.6 is 12.3 Å². The molecule has 0 aromatic heterocycles. The minimum Gasteiger partial charge on any atom is -0.394 e. The lowest BCUT2D eigenvalue weighted by Gasteiger charge is -2.09. The summed E-state index contributed by atoms with van der Waals surface area (Å²) in [6.07, 6.45) is 0. The quantitative estimate of drug-likeness (QED) is 0.0599. The summed E-state index contributed by atoms with van der Waals surface area (Å²) in [5.74, 6) is 0.